The van der Waals surface area contributed by atoms with E-state index in [9.17, 15) is 21.6 Å². The molecule has 0 spiro atoms. The first-order valence-electron chi connectivity index (χ1n) is 10.3. The van der Waals surface area contributed by atoms with Gasteiger partial charge < -0.3 is 5.32 Å². The van der Waals surface area contributed by atoms with Gasteiger partial charge in [-0.25, -0.2) is 16.8 Å². The second-order valence-corrected chi connectivity index (χ2v) is 12.7. The fourth-order valence-corrected chi connectivity index (χ4v) is 6.33. The predicted molar refractivity (Wildman–Crippen MR) is 123 cm³/mol. The van der Waals surface area contributed by atoms with Gasteiger partial charge in [0.2, 0.25) is 26.0 Å². The van der Waals surface area contributed by atoms with Crippen LogP contribution in [0.3, 0.4) is 0 Å². The summed E-state index contributed by atoms with van der Waals surface area (Å²) >= 11 is 0. The van der Waals surface area contributed by atoms with Crippen molar-refractivity contribution in [1.82, 2.24) is 8.61 Å². The molecule has 3 rings (SSSR count). The third-order valence-corrected chi connectivity index (χ3v) is 9.19. The average Bonchev–Trinajstić information content (AvgIpc) is 2.73. The molecule has 0 aliphatic carbocycles. The first-order valence-corrected chi connectivity index (χ1v) is 13.2. The van der Waals surface area contributed by atoms with E-state index in [1.54, 1.807) is 12.1 Å². The highest BCUT2D eigenvalue weighted by molar-refractivity contribution is 7.89. The van der Waals surface area contributed by atoms with E-state index in [0.29, 0.717) is 5.69 Å². The van der Waals surface area contributed by atoms with Gasteiger partial charge in [-0.15, -0.1) is 0 Å². The second-order valence-electron chi connectivity index (χ2n) is 8.79. The van der Waals surface area contributed by atoms with Crippen LogP contribution in [0.5, 0.6) is 0 Å². The maximum atomic E-state index is 13.0. The van der Waals surface area contributed by atoms with Gasteiger partial charge in [0.1, 0.15) is 0 Å². The highest BCUT2D eigenvalue weighted by Gasteiger charge is 2.33. The van der Waals surface area contributed by atoms with Gasteiger partial charge in [0.15, 0.2) is 0 Å². The Bertz CT molecular complexity index is 1180. The Hall–Kier alpha value is -2.27. The van der Waals surface area contributed by atoms with Crippen molar-refractivity contribution in [3.8, 4) is 0 Å². The molecule has 1 fully saturated rings. The SMILES string of the molecule is CC(=O)Nc1ccc(S(=O)(=O)N2CCN(S(=O)(=O)c3ccc(C(C)(C)C)cc3)CC2)cc1. The number of carbonyl (C=O) groups is 1. The normalized spacial score (nSPS) is 16.6. The van der Waals surface area contributed by atoms with Gasteiger partial charge in [-0.05, 0) is 47.4 Å². The number of hydrogen-bond acceptors (Lipinski definition) is 5. The monoisotopic (exact) mass is 479 g/mol. The summed E-state index contributed by atoms with van der Waals surface area (Å²) in [5, 5.41) is 2.59. The standard InChI is InChI=1S/C22H29N3O5S2/c1-17(26)23-19-7-11-21(12-8-19)32(29,30)25-15-13-24(14-16-25)31(27,28)20-9-5-18(6-10-20)22(2,3)4/h5-12H,13-16H2,1-4H3,(H,23,26). The number of sulfonamides is 2. The molecule has 8 nitrogen and oxygen atoms in total. The van der Waals surface area contributed by atoms with Crippen LogP contribution >= 0.6 is 0 Å². The molecule has 1 aliphatic rings. The molecule has 1 N–H and O–H groups in total. The molecule has 1 heterocycles. The van der Waals surface area contributed by atoms with E-state index < -0.39 is 20.0 Å². The number of rotatable bonds is 5. The van der Waals surface area contributed by atoms with Crippen molar-refractivity contribution in [2.45, 2.75) is 42.9 Å². The molecule has 0 bridgehead atoms. The van der Waals surface area contributed by atoms with Crippen molar-refractivity contribution < 1.29 is 21.6 Å². The van der Waals surface area contributed by atoms with Gasteiger partial charge in [0.25, 0.3) is 0 Å². The van der Waals surface area contributed by atoms with Gasteiger partial charge in [-0.2, -0.15) is 8.61 Å². The number of carbonyl (C=O) groups excluding carboxylic acids is 1. The van der Waals surface area contributed by atoms with Crippen LogP contribution in [0.15, 0.2) is 58.3 Å². The lowest BCUT2D eigenvalue weighted by molar-refractivity contribution is -0.114. The van der Waals surface area contributed by atoms with E-state index in [-0.39, 0.29) is 47.3 Å². The molecule has 174 valence electrons. The maximum Gasteiger partial charge on any atom is 0.243 e. The lowest BCUT2D eigenvalue weighted by atomic mass is 9.87. The van der Waals surface area contributed by atoms with Crippen LogP contribution in [0, 0.1) is 0 Å². The molecule has 1 amide bonds. The molecule has 0 radical (unpaired) electrons. The van der Waals surface area contributed by atoms with E-state index in [2.05, 4.69) is 26.1 Å². The van der Waals surface area contributed by atoms with Crippen molar-refractivity contribution in [2.24, 2.45) is 0 Å². The van der Waals surface area contributed by atoms with E-state index in [1.165, 1.54) is 39.8 Å². The smallest absolute Gasteiger partial charge is 0.243 e. The quantitative estimate of drug-likeness (QED) is 0.710. The number of piperazine rings is 1. The Morgan fingerprint density at radius 1 is 0.750 bits per heavy atom. The molecular weight excluding hydrogens is 450 g/mol. The third kappa shape index (κ3) is 5.20. The van der Waals surface area contributed by atoms with Gasteiger partial charge in [0.05, 0.1) is 9.79 Å². The molecule has 0 atom stereocenters. The number of benzene rings is 2. The molecule has 0 saturated carbocycles. The van der Waals surface area contributed by atoms with Crippen LogP contribution in [0.1, 0.15) is 33.3 Å². The minimum absolute atomic E-state index is 0.0646. The van der Waals surface area contributed by atoms with E-state index in [0.717, 1.165) is 5.56 Å². The molecule has 1 saturated heterocycles. The summed E-state index contributed by atoms with van der Waals surface area (Å²) in [6.45, 7) is 7.83. The number of amides is 1. The second kappa shape index (κ2) is 8.93. The molecule has 2 aromatic carbocycles. The average molecular weight is 480 g/mol. The van der Waals surface area contributed by atoms with Gasteiger partial charge in [-0.3, -0.25) is 4.79 Å². The van der Waals surface area contributed by atoms with E-state index in [1.807, 2.05) is 12.1 Å². The number of nitrogens with one attached hydrogen (secondary N) is 1. The summed E-state index contributed by atoms with van der Waals surface area (Å²) < 4.78 is 54.6. The molecule has 2 aromatic rings. The summed E-state index contributed by atoms with van der Waals surface area (Å²) in [6, 6.07) is 12.8. The fourth-order valence-electron chi connectivity index (χ4n) is 3.49. The Morgan fingerprint density at radius 2 is 1.12 bits per heavy atom. The maximum absolute atomic E-state index is 13.0. The lowest BCUT2D eigenvalue weighted by Crippen LogP contribution is -2.50. The highest BCUT2D eigenvalue weighted by Crippen LogP contribution is 2.26. The van der Waals surface area contributed by atoms with Gasteiger partial charge in [0, 0.05) is 38.8 Å². The van der Waals surface area contributed by atoms with Crippen LogP contribution in [0.4, 0.5) is 5.69 Å². The minimum atomic E-state index is -3.76. The van der Waals surface area contributed by atoms with Crippen molar-refractivity contribution in [3.05, 3.63) is 54.1 Å². The van der Waals surface area contributed by atoms with Crippen LogP contribution in [0.25, 0.3) is 0 Å². The topological polar surface area (TPSA) is 104 Å². The van der Waals surface area contributed by atoms with Crippen molar-refractivity contribution in [3.63, 3.8) is 0 Å². The summed E-state index contributed by atoms with van der Waals surface area (Å²) in [7, 11) is -7.47. The molecule has 1 aliphatic heterocycles. The van der Waals surface area contributed by atoms with E-state index >= 15 is 0 Å². The summed E-state index contributed by atoms with van der Waals surface area (Å²) in [5.41, 5.74) is 1.46. The molecule has 0 unspecified atom stereocenters. The summed E-state index contributed by atoms with van der Waals surface area (Å²) in [6.07, 6.45) is 0. The summed E-state index contributed by atoms with van der Waals surface area (Å²) in [5.74, 6) is -0.244. The van der Waals surface area contributed by atoms with Crippen LogP contribution < -0.4 is 5.32 Å². The Balaban J connectivity index is 1.70. The number of hydrogen-bond donors (Lipinski definition) is 1. The predicted octanol–water partition coefficient (Wildman–Crippen LogP) is 2.64. The van der Waals surface area contributed by atoms with Gasteiger partial charge in [-0.1, -0.05) is 32.9 Å². The molecule has 0 aromatic heterocycles. The molecule has 10 heteroatoms. The third-order valence-electron chi connectivity index (χ3n) is 5.37. The van der Waals surface area contributed by atoms with Crippen LogP contribution in [-0.4, -0.2) is 57.5 Å². The van der Waals surface area contributed by atoms with Crippen LogP contribution in [0.2, 0.25) is 0 Å². The van der Waals surface area contributed by atoms with Crippen molar-refractivity contribution in [2.75, 3.05) is 31.5 Å². The minimum Gasteiger partial charge on any atom is -0.326 e. The zero-order chi connectivity index (χ0) is 23.7. The molecular formula is C22H29N3O5S2. The molecule has 32 heavy (non-hydrogen) atoms. The zero-order valence-electron chi connectivity index (χ0n) is 18.7. The largest absolute Gasteiger partial charge is 0.326 e. The van der Waals surface area contributed by atoms with Gasteiger partial charge >= 0.3 is 0 Å². The van der Waals surface area contributed by atoms with Crippen molar-refractivity contribution in [1.29, 1.82) is 0 Å². The number of anilines is 1. The first-order chi connectivity index (χ1) is 14.8. The first kappa shape index (κ1) is 24.4. The van der Waals surface area contributed by atoms with Crippen molar-refractivity contribution >= 4 is 31.6 Å². The Kier molecular flexibility index (Phi) is 6.80. The van der Waals surface area contributed by atoms with E-state index in [4.69, 9.17) is 0 Å². The summed E-state index contributed by atoms with van der Waals surface area (Å²) in [4.78, 5) is 11.4. The zero-order valence-corrected chi connectivity index (χ0v) is 20.3. The fraction of sp³-hybridized carbons (Fsp3) is 0.409. The Morgan fingerprint density at radius 3 is 1.47 bits per heavy atom. The Labute approximate surface area is 190 Å². The van der Waals surface area contributed by atoms with Crippen LogP contribution in [-0.2, 0) is 30.3 Å². The lowest BCUT2D eigenvalue weighted by Gasteiger charge is -2.33. The highest BCUT2D eigenvalue weighted by atomic mass is 32.2. The number of nitrogens with zero attached hydrogens (tertiary/aromatic N) is 2.